The molecule has 1 aliphatic rings. The lowest BCUT2D eigenvalue weighted by Gasteiger charge is -2.25. The molecule has 0 aliphatic carbocycles. The van der Waals surface area contributed by atoms with Crippen molar-refractivity contribution in [3.05, 3.63) is 61.8 Å². The number of aromatic nitrogens is 2. The molecule has 37 heavy (non-hydrogen) atoms. The van der Waals surface area contributed by atoms with E-state index in [4.69, 9.17) is 18.5 Å². The van der Waals surface area contributed by atoms with Crippen LogP contribution in [0.25, 0.3) is 0 Å². The molecule has 1 fully saturated rings. The van der Waals surface area contributed by atoms with Crippen molar-refractivity contribution < 1.29 is 37.4 Å². The zero-order valence-corrected chi connectivity index (χ0v) is 22.9. The molecule has 2 unspecified atom stereocenters. The third kappa shape index (κ3) is 7.15. The number of ether oxygens (including phenoxy) is 2. The molecule has 0 saturated carbocycles. The lowest BCUT2D eigenvalue weighted by atomic mass is 9.98. The number of rotatable bonds is 10. The second kappa shape index (κ2) is 11.6. The molecule has 0 spiro atoms. The average Bonchev–Trinajstić information content (AvgIpc) is 3.02. The molecule has 2 aromatic rings. The van der Waals surface area contributed by atoms with Gasteiger partial charge in [-0.05, 0) is 52.0 Å². The van der Waals surface area contributed by atoms with E-state index >= 15 is 4.39 Å². The van der Waals surface area contributed by atoms with Crippen LogP contribution in [0.2, 0.25) is 0 Å². The van der Waals surface area contributed by atoms with Crippen LogP contribution in [0.5, 0.6) is 5.75 Å². The van der Waals surface area contributed by atoms with Crippen LogP contribution in [0.1, 0.15) is 33.9 Å². The van der Waals surface area contributed by atoms with Crippen molar-refractivity contribution >= 4 is 29.6 Å². The lowest BCUT2D eigenvalue weighted by Crippen LogP contribution is -2.43. The number of carbonyl (C=O) groups excluding carboxylic acids is 1. The molecule has 0 amide bonds. The molecule has 1 aromatic heterocycles. The Morgan fingerprint density at radius 2 is 1.95 bits per heavy atom. The van der Waals surface area contributed by atoms with Crippen molar-refractivity contribution in [3.8, 4) is 5.75 Å². The van der Waals surface area contributed by atoms with Gasteiger partial charge in [0.05, 0.1) is 12.7 Å². The summed E-state index contributed by atoms with van der Waals surface area (Å²) in [6.07, 6.45) is -4.24. The highest BCUT2D eigenvalue weighted by Crippen LogP contribution is 2.47. The summed E-state index contributed by atoms with van der Waals surface area (Å²) in [5.41, 5.74) is -4.13. The fourth-order valence-corrected chi connectivity index (χ4v) is 5.25. The molecular weight excluding hydrogens is 580 g/mol. The van der Waals surface area contributed by atoms with Gasteiger partial charge in [-0.2, -0.15) is 5.09 Å². The van der Waals surface area contributed by atoms with Gasteiger partial charge in [-0.1, -0.05) is 15.9 Å². The topological polar surface area (TPSA) is 158 Å². The summed E-state index contributed by atoms with van der Waals surface area (Å²) in [6.45, 7) is 5.05. The molecule has 0 radical (unpaired) electrons. The minimum Gasteiger partial charge on any atom is -0.462 e. The third-order valence-electron chi connectivity index (χ3n) is 5.33. The van der Waals surface area contributed by atoms with Gasteiger partial charge in [0.2, 0.25) is 0 Å². The smallest absolute Gasteiger partial charge is 0.459 e. The molecule has 6 atom stereocenters. The second-order valence-electron chi connectivity index (χ2n) is 8.82. The number of hydrogen-bond acceptors (Lipinski definition) is 9. The quantitative estimate of drug-likeness (QED) is 0.270. The number of aliphatic hydroxyl groups is 1. The standard InChI is InChI=1S/C22H28BrFN3O9P/c1-12(2)34-19(30)13(3)26-37(32,36-15-7-5-14(23)6-8-15)33-11-16-18(29)22(4,24)20(35-16)27-10-9-17(28)25-21(27)31/h5-10,12-13,16,18,20,29H,11H2,1-4H3,(H,26,32)(H,25,28,31)/t13-,16?,18+,20+,22+,37?/m0/s1. The Morgan fingerprint density at radius 1 is 1.30 bits per heavy atom. The lowest BCUT2D eigenvalue weighted by molar-refractivity contribution is -0.149. The summed E-state index contributed by atoms with van der Waals surface area (Å²) in [5.74, 6) is -0.589. The summed E-state index contributed by atoms with van der Waals surface area (Å²) < 4.78 is 52.3. The third-order valence-corrected chi connectivity index (χ3v) is 7.50. The first-order valence-corrected chi connectivity index (χ1v) is 13.6. The molecule has 1 aliphatic heterocycles. The Labute approximate surface area is 219 Å². The Morgan fingerprint density at radius 3 is 2.54 bits per heavy atom. The van der Waals surface area contributed by atoms with Crippen LogP contribution < -0.4 is 20.9 Å². The maximum atomic E-state index is 15.5. The number of halogens is 2. The van der Waals surface area contributed by atoms with Crippen molar-refractivity contribution in [2.24, 2.45) is 0 Å². The van der Waals surface area contributed by atoms with E-state index in [1.807, 2.05) is 4.98 Å². The molecule has 15 heteroatoms. The fourth-order valence-electron chi connectivity index (χ4n) is 3.48. The predicted molar refractivity (Wildman–Crippen MR) is 133 cm³/mol. The highest BCUT2D eigenvalue weighted by molar-refractivity contribution is 9.10. The van der Waals surface area contributed by atoms with Crippen molar-refractivity contribution in [2.45, 2.75) is 63.9 Å². The number of alkyl halides is 1. The Hall–Kier alpha value is -2.35. The molecular formula is C22H28BrFN3O9P. The van der Waals surface area contributed by atoms with E-state index in [-0.39, 0.29) is 5.75 Å². The molecule has 3 N–H and O–H groups in total. The van der Waals surface area contributed by atoms with Crippen molar-refractivity contribution in [1.29, 1.82) is 0 Å². The predicted octanol–water partition coefficient (Wildman–Crippen LogP) is 2.42. The van der Waals surface area contributed by atoms with Gasteiger partial charge in [-0.3, -0.25) is 23.7 Å². The summed E-state index contributed by atoms with van der Waals surface area (Å²) in [6, 6.07) is 6.12. The van der Waals surface area contributed by atoms with Crippen LogP contribution in [-0.2, 0) is 23.4 Å². The van der Waals surface area contributed by atoms with Crippen molar-refractivity contribution in [2.75, 3.05) is 6.61 Å². The molecule has 0 bridgehead atoms. The Bertz CT molecular complexity index is 1270. The van der Waals surface area contributed by atoms with E-state index in [1.165, 1.54) is 19.1 Å². The minimum absolute atomic E-state index is 0.129. The number of nitrogens with zero attached hydrogens (tertiary/aromatic N) is 1. The zero-order valence-electron chi connectivity index (χ0n) is 20.4. The number of benzene rings is 1. The first kappa shape index (κ1) is 29.2. The van der Waals surface area contributed by atoms with Crippen LogP contribution >= 0.6 is 23.7 Å². The fraction of sp³-hybridized carbons (Fsp3) is 0.500. The normalized spacial score (nSPS) is 26.0. The van der Waals surface area contributed by atoms with Crippen LogP contribution in [0, 0.1) is 0 Å². The van der Waals surface area contributed by atoms with Gasteiger partial charge >= 0.3 is 19.4 Å². The first-order chi connectivity index (χ1) is 17.2. The second-order valence-corrected chi connectivity index (χ2v) is 11.4. The first-order valence-electron chi connectivity index (χ1n) is 11.2. The molecule has 204 valence electrons. The van der Waals surface area contributed by atoms with Crippen LogP contribution in [0.15, 0.2) is 50.6 Å². The average molecular weight is 608 g/mol. The van der Waals surface area contributed by atoms with E-state index in [0.717, 1.165) is 28.2 Å². The Balaban J connectivity index is 1.81. The van der Waals surface area contributed by atoms with Gasteiger partial charge in [-0.15, -0.1) is 0 Å². The van der Waals surface area contributed by atoms with Crippen LogP contribution in [0.4, 0.5) is 4.39 Å². The molecule has 2 heterocycles. The highest BCUT2D eigenvalue weighted by atomic mass is 79.9. The Kier molecular flexibility index (Phi) is 9.14. The van der Waals surface area contributed by atoms with Crippen molar-refractivity contribution in [1.82, 2.24) is 14.6 Å². The van der Waals surface area contributed by atoms with E-state index in [0.29, 0.717) is 0 Å². The van der Waals surface area contributed by atoms with E-state index < -0.39 is 67.8 Å². The largest absolute Gasteiger partial charge is 0.462 e. The van der Waals surface area contributed by atoms with Crippen LogP contribution in [0.3, 0.4) is 0 Å². The SMILES string of the molecule is CC(C)OC(=O)[C@H](C)NP(=O)(OCC1O[C@@H](n2ccc(=O)[nH]c2=O)[C@](C)(F)[C@@H]1O)Oc1ccc(Br)cc1. The van der Waals surface area contributed by atoms with Gasteiger partial charge in [0.1, 0.15) is 24.0 Å². The minimum atomic E-state index is -4.33. The van der Waals surface area contributed by atoms with Gasteiger partial charge in [-0.25, -0.2) is 13.8 Å². The number of aromatic amines is 1. The van der Waals surface area contributed by atoms with Gasteiger partial charge in [0.25, 0.3) is 5.56 Å². The maximum Gasteiger partial charge on any atom is 0.459 e. The monoisotopic (exact) mass is 607 g/mol. The number of hydrogen-bond donors (Lipinski definition) is 3. The van der Waals surface area contributed by atoms with Gasteiger partial charge in [0.15, 0.2) is 11.9 Å². The number of carbonyl (C=O) groups is 1. The number of nitrogens with one attached hydrogen (secondary N) is 2. The van der Waals surface area contributed by atoms with Gasteiger partial charge < -0.3 is 19.1 Å². The van der Waals surface area contributed by atoms with E-state index in [2.05, 4.69) is 21.0 Å². The number of aliphatic hydroxyl groups excluding tert-OH is 1. The summed E-state index contributed by atoms with van der Waals surface area (Å²) in [5, 5.41) is 13.1. The molecule has 1 aromatic carbocycles. The molecule has 1 saturated heterocycles. The number of H-pyrrole nitrogens is 1. The highest BCUT2D eigenvalue weighted by Gasteiger charge is 2.55. The van der Waals surface area contributed by atoms with Crippen molar-refractivity contribution in [3.63, 3.8) is 0 Å². The van der Waals surface area contributed by atoms with E-state index in [1.54, 1.807) is 26.0 Å². The number of esters is 1. The zero-order chi connectivity index (χ0) is 27.5. The summed E-state index contributed by atoms with van der Waals surface area (Å²) in [7, 11) is -4.33. The molecule has 12 nitrogen and oxygen atoms in total. The molecule has 3 rings (SSSR count). The summed E-state index contributed by atoms with van der Waals surface area (Å²) in [4.78, 5) is 37.8. The van der Waals surface area contributed by atoms with E-state index in [9.17, 15) is 24.1 Å². The summed E-state index contributed by atoms with van der Waals surface area (Å²) >= 11 is 3.28. The van der Waals surface area contributed by atoms with Crippen LogP contribution in [-0.4, -0.2) is 57.3 Å². The maximum absolute atomic E-state index is 15.5. The van der Waals surface area contributed by atoms with Gasteiger partial charge in [0, 0.05) is 16.7 Å².